The van der Waals surface area contributed by atoms with Gasteiger partial charge in [0.2, 0.25) is 11.8 Å². The zero-order valence-corrected chi connectivity index (χ0v) is 28.2. The molecule has 50 heavy (non-hydrogen) atoms. The fourth-order valence-electron chi connectivity index (χ4n) is 7.13. The van der Waals surface area contributed by atoms with E-state index < -0.39 is 41.4 Å². The molecule has 4 amide bonds. The van der Waals surface area contributed by atoms with Gasteiger partial charge in [-0.25, -0.2) is 14.8 Å². The zero-order valence-electron chi connectivity index (χ0n) is 28.2. The topological polar surface area (TPSA) is 99.7 Å². The number of phenolic OH excluding ortho intramolecular Hbond substituents is 1. The summed E-state index contributed by atoms with van der Waals surface area (Å²) in [7, 11) is 1.71. The van der Waals surface area contributed by atoms with Gasteiger partial charge in [-0.2, -0.15) is 13.2 Å². The molecule has 2 aliphatic heterocycles. The van der Waals surface area contributed by atoms with Crippen LogP contribution in [0.15, 0.2) is 85.5 Å². The van der Waals surface area contributed by atoms with Crippen LogP contribution in [0, 0.1) is 0 Å². The van der Waals surface area contributed by atoms with Crippen molar-refractivity contribution in [1.82, 2.24) is 25.1 Å². The Hall–Kier alpha value is -5.04. The summed E-state index contributed by atoms with van der Waals surface area (Å²) in [6.07, 6.45) is -2.76. The van der Waals surface area contributed by atoms with Crippen molar-refractivity contribution in [2.24, 2.45) is 0 Å². The lowest BCUT2D eigenvalue weighted by atomic mass is 9.97. The fraction of sp³-hybridized carbons (Fsp3) is 0.378. The van der Waals surface area contributed by atoms with Gasteiger partial charge in [-0.05, 0) is 60.9 Å². The van der Waals surface area contributed by atoms with E-state index in [1.165, 1.54) is 26.9 Å². The maximum Gasteiger partial charge on any atom is 0.416 e. The highest BCUT2D eigenvalue weighted by molar-refractivity contribution is 5.94. The number of nitrogens with one attached hydrogen (secondary N) is 1. The molecule has 0 radical (unpaired) electrons. The molecule has 10 nitrogen and oxygen atoms in total. The van der Waals surface area contributed by atoms with Crippen molar-refractivity contribution in [1.29, 1.82) is 0 Å². The van der Waals surface area contributed by atoms with E-state index in [2.05, 4.69) is 11.9 Å². The maximum atomic E-state index is 14.5. The third kappa shape index (κ3) is 6.49. The van der Waals surface area contributed by atoms with Crippen molar-refractivity contribution in [3.63, 3.8) is 0 Å². The molecule has 264 valence electrons. The first-order chi connectivity index (χ1) is 23.7. The highest BCUT2D eigenvalue weighted by Crippen LogP contribution is 2.56. The second-order valence-electron chi connectivity index (χ2n) is 13.4. The van der Waals surface area contributed by atoms with Crippen LogP contribution in [-0.4, -0.2) is 86.7 Å². The molecule has 3 aromatic carbocycles. The molecule has 1 aliphatic carbocycles. The summed E-state index contributed by atoms with van der Waals surface area (Å²) in [5.41, 5.74) is 0.0451. The molecule has 1 spiro atoms. The number of halogens is 3. The normalized spacial score (nSPS) is 21.9. The molecule has 1 unspecified atom stereocenters. The van der Waals surface area contributed by atoms with Crippen LogP contribution in [0.3, 0.4) is 0 Å². The summed E-state index contributed by atoms with van der Waals surface area (Å²) in [5, 5.41) is 16.0. The van der Waals surface area contributed by atoms with Crippen LogP contribution in [0.25, 0.3) is 0 Å². The van der Waals surface area contributed by atoms with Crippen molar-refractivity contribution < 1.29 is 32.7 Å². The Morgan fingerprint density at radius 2 is 1.76 bits per heavy atom. The van der Waals surface area contributed by atoms with E-state index in [9.17, 15) is 32.7 Å². The lowest BCUT2D eigenvalue weighted by molar-refractivity contribution is -0.194. The number of rotatable bonds is 10. The molecule has 2 saturated heterocycles. The number of hydrazine groups is 1. The maximum absolute atomic E-state index is 14.5. The van der Waals surface area contributed by atoms with E-state index in [4.69, 9.17) is 0 Å². The highest BCUT2D eigenvalue weighted by Gasteiger charge is 2.75. The third-order valence-electron chi connectivity index (χ3n) is 9.80. The molecular formula is C37H41F3N6O4. The average Bonchev–Trinajstić information content (AvgIpc) is 3.80. The number of hydrogen-bond donors (Lipinski definition) is 2. The van der Waals surface area contributed by atoms with Gasteiger partial charge in [-0.15, -0.1) is 6.58 Å². The number of anilines is 1. The summed E-state index contributed by atoms with van der Waals surface area (Å²) in [4.78, 5) is 47.5. The van der Waals surface area contributed by atoms with Crippen LogP contribution in [0.1, 0.15) is 42.5 Å². The van der Waals surface area contributed by atoms with Crippen molar-refractivity contribution in [3.8, 4) is 5.75 Å². The van der Waals surface area contributed by atoms with Gasteiger partial charge in [0.05, 0.1) is 18.2 Å². The number of benzene rings is 3. The van der Waals surface area contributed by atoms with Gasteiger partial charge >= 0.3 is 12.2 Å². The van der Waals surface area contributed by atoms with E-state index in [0.29, 0.717) is 11.3 Å². The second-order valence-corrected chi connectivity index (χ2v) is 13.4. The van der Waals surface area contributed by atoms with Crippen LogP contribution in [0.4, 0.5) is 23.7 Å². The van der Waals surface area contributed by atoms with Crippen molar-refractivity contribution in [2.75, 3.05) is 25.0 Å². The van der Waals surface area contributed by atoms with Crippen molar-refractivity contribution in [2.45, 2.75) is 69.7 Å². The Morgan fingerprint density at radius 1 is 1.06 bits per heavy atom. The minimum atomic E-state index is -4.62. The molecule has 3 aliphatic rings. The molecule has 0 bridgehead atoms. The quantitative estimate of drug-likeness (QED) is 0.286. The Kier molecular flexibility index (Phi) is 9.29. The Bertz CT molecular complexity index is 1770. The van der Waals surface area contributed by atoms with Gasteiger partial charge in [-0.3, -0.25) is 9.59 Å². The number of carbonyl (C=O) groups is 3. The first-order valence-corrected chi connectivity index (χ1v) is 16.6. The SMILES string of the molecule is C=CCN1CC(=O)N2[C@@H](Cc3ccc(O)cc3)C(=O)N(Cc3cc(N(C)C(C)C)cc(C(F)(F)F)c3)C3C[C@@]32N1C(=O)NCc1ccccc1. The Morgan fingerprint density at radius 3 is 2.40 bits per heavy atom. The molecule has 6 rings (SSSR count). The smallest absolute Gasteiger partial charge is 0.416 e. The number of nitrogens with zero attached hydrogens (tertiary/aromatic N) is 5. The second kappa shape index (κ2) is 13.3. The fourth-order valence-corrected chi connectivity index (χ4v) is 7.13. The van der Waals surface area contributed by atoms with Crippen LogP contribution in [0.5, 0.6) is 5.75 Å². The number of urea groups is 1. The minimum Gasteiger partial charge on any atom is -0.508 e. The molecule has 1 saturated carbocycles. The van der Waals surface area contributed by atoms with Gasteiger partial charge in [-0.1, -0.05) is 48.5 Å². The lowest BCUT2D eigenvalue weighted by Crippen LogP contribution is -2.77. The lowest BCUT2D eigenvalue weighted by Gasteiger charge is -2.55. The van der Waals surface area contributed by atoms with Crippen LogP contribution in [0.2, 0.25) is 0 Å². The Labute approximate surface area is 289 Å². The van der Waals surface area contributed by atoms with Crippen LogP contribution >= 0.6 is 0 Å². The number of aromatic hydroxyl groups is 1. The zero-order chi connectivity index (χ0) is 36.0. The molecule has 13 heteroatoms. The highest BCUT2D eigenvalue weighted by atomic mass is 19.4. The van der Waals surface area contributed by atoms with Gasteiger partial charge < -0.3 is 25.1 Å². The van der Waals surface area contributed by atoms with Crippen molar-refractivity contribution in [3.05, 3.63) is 108 Å². The third-order valence-corrected chi connectivity index (χ3v) is 9.80. The number of hydrogen-bond acceptors (Lipinski definition) is 6. The van der Waals surface area contributed by atoms with Gasteiger partial charge in [0.15, 0.2) is 5.66 Å². The first-order valence-electron chi connectivity index (χ1n) is 16.6. The number of carbonyl (C=O) groups excluding carboxylic acids is 3. The monoisotopic (exact) mass is 690 g/mol. The summed E-state index contributed by atoms with van der Waals surface area (Å²) >= 11 is 0. The molecule has 3 fully saturated rings. The summed E-state index contributed by atoms with van der Waals surface area (Å²) in [5.74, 6) is -0.744. The largest absolute Gasteiger partial charge is 0.508 e. The molecule has 3 aromatic rings. The van der Waals surface area contributed by atoms with E-state index in [-0.39, 0.29) is 62.3 Å². The van der Waals surface area contributed by atoms with Gasteiger partial charge in [0, 0.05) is 51.3 Å². The standard InChI is InChI=1S/C37H41F3N6O4/c1-5-15-43-23-33(48)45-31(18-25-11-13-30(47)14-12-25)34(49)44(22-27-16-28(37(38,39)40)19-29(17-27)42(4)24(2)3)32-20-36(32,45)46(43)35(50)41-21-26-9-7-6-8-10-26/h5-14,16-17,19,24,31-32,47H,1,15,18,20-23H2,2-4H3,(H,41,50)/t31-,32?,36+/m0/s1. The predicted octanol–water partition coefficient (Wildman–Crippen LogP) is 5.13. The average molecular weight is 691 g/mol. The summed E-state index contributed by atoms with van der Waals surface area (Å²) in [6, 6.07) is 17.1. The van der Waals surface area contributed by atoms with E-state index in [1.807, 2.05) is 44.2 Å². The van der Waals surface area contributed by atoms with Gasteiger partial charge in [0.1, 0.15) is 11.8 Å². The van der Waals surface area contributed by atoms with Gasteiger partial charge in [0.25, 0.3) is 0 Å². The number of piperazine rings is 1. The molecule has 2 heterocycles. The van der Waals surface area contributed by atoms with Crippen LogP contribution in [-0.2, 0) is 35.3 Å². The number of amides is 4. The minimum absolute atomic E-state index is 0.0335. The summed E-state index contributed by atoms with van der Waals surface area (Å²) < 4.78 is 42.5. The van der Waals surface area contributed by atoms with Crippen LogP contribution < -0.4 is 10.2 Å². The van der Waals surface area contributed by atoms with E-state index in [1.54, 1.807) is 41.2 Å². The molecule has 0 aromatic heterocycles. The van der Waals surface area contributed by atoms with E-state index >= 15 is 0 Å². The predicted molar refractivity (Wildman–Crippen MR) is 181 cm³/mol. The summed E-state index contributed by atoms with van der Waals surface area (Å²) in [6.45, 7) is 7.60. The number of alkyl halides is 3. The first kappa shape index (κ1) is 34.8. The molecule has 2 N–H and O–H groups in total. The molecular weight excluding hydrogens is 649 g/mol. The molecule has 3 atom stereocenters. The van der Waals surface area contributed by atoms with Crippen molar-refractivity contribution >= 4 is 23.5 Å². The van der Waals surface area contributed by atoms with E-state index in [0.717, 1.165) is 17.7 Å². The Balaban J connectivity index is 1.42. The number of phenols is 1.